The zero-order valence-corrected chi connectivity index (χ0v) is 13.2. The van der Waals surface area contributed by atoms with Crippen LogP contribution in [0.3, 0.4) is 0 Å². The molecule has 6 heteroatoms. The summed E-state index contributed by atoms with van der Waals surface area (Å²) in [5.74, 6) is -0.125. The monoisotopic (exact) mass is 323 g/mol. The summed E-state index contributed by atoms with van der Waals surface area (Å²) in [6.45, 7) is 1.76. The fourth-order valence-corrected chi connectivity index (χ4v) is 2.77. The lowest BCUT2D eigenvalue weighted by atomic mass is 10.0. The number of amides is 1. The number of para-hydroxylation sites is 1. The lowest BCUT2D eigenvalue weighted by molar-refractivity contribution is -0.385. The van der Waals surface area contributed by atoms with E-state index in [0.717, 1.165) is 11.3 Å². The van der Waals surface area contributed by atoms with Crippen molar-refractivity contribution in [3.63, 3.8) is 0 Å². The van der Waals surface area contributed by atoms with Crippen molar-refractivity contribution in [1.82, 2.24) is 10.4 Å². The van der Waals surface area contributed by atoms with Crippen LogP contribution in [0.25, 0.3) is 5.70 Å². The number of nitro benzene ring substituents is 1. The highest BCUT2D eigenvalue weighted by atomic mass is 16.6. The summed E-state index contributed by atoms with van der Waals surface area (Å²) < 4.78 is 0. The molecule has 0 saturated heterocycles. The van der Waals surface area contributed by atoms with Gasteiger partial charge in [-0.05, 0) is 17.7 Å². The van der Waals surface area contributed by atoms with Crippen molar-refractivity contribution in [3.05, 3.63) is 81.9 Å². The van der Waals surface area contributed by atoms with Gasteiger partial charge >= 0.3 is 0 Å². The molecule has 1 atom stereocenters. The van der Waals surface area contributed by atoms with Gasteiger partial charge in [0.25, 0.3) is 5.69 Å². The van der Waals surface area contributed by atoms with Gasteiger partial charge < -0.3 is 0 Å². The van der Waals surface area contributed by atoms with E-state index in [2.05, 4.69) is 5.43 Å². The molecular formula is C18H17N3O3. The molecule has 24 heavy (non-hydrogen) atoms. The van der Waals surface area contributed by atoms with Gasteiger partial charge in [-0.3, -0.25) is 20.3 Å². The lowest BCUT2D eigenvalue weighted by Crippen LogP contribution is -2.39. The highest BCUT2D eigenvalue weighted by Gasteiger charge is 2.33. The van der Waals surface area contributed by atoms with E-state index in [1.807, 2.05) is 36.4 Å². The van der Waals surface area contributed by atoms with E-state index in [1.165, 1.54) is 11.1 Å². The minimum atomic E-state index is -0.519. The number of benzene rings is 2. The van der Waals surface area contributed by atoms with Crippen molar-refractivity contribution in [2.45, 2.75) is 19.4 Å². The molecule has 3 rings (SSSR count). The first-order chi connectivity index (χ1) is 11.6. The molecular weight excluding hydrogens is 306 g/mol. The van der Waals surface area contributed by atoms with Crippen molar-refractivity contribution in [3.8, 4) is 0 Å². The van der Waals surface area contributed by atoms with Crippen LogP contribution in [0.4, 0.5) is 5.69 Å². The van der Waals surface area contributed by atoms with Crippen LogP contribution in [-0.4, -0.2) is 15.8 Å². The van der Waals surface area contributed by atoms with Crippen LogP contribution in [0.15, 0.2) is 60.7 Å². The second-order valence-electron chi connectivity index (χ2n) is 5.44. The molecule has 6 nitrogen and oxygen atoms in total. The van der Waals surface area contributed by atoms with Gasteiger partial charge in [-0.15, -0.1) is 0 Å². The average molecular weight is 323 g/mol. The maximum Gasteiger partial charge on any atom is 0.275 e. The first-order valence-electron chi connectivity index (χ1n) is 7.71. The van der Waals surface area contributed by atoms with E-state index < -0.39 is 11.0 Å². The third-order valence-electron chi connectivity index (χ3n) is 3.95. The summed E-state index contributed by atoms with van der Waals surface area (Å²) in [4.78, 5) is 23.2. The summed E-state index contributed by atoms with van der Waals surface area (Å²) in [6.07, 6.45) is 2.16. The van der Waals surface area contributed by atoms with Crippen molar-refractivity contribution in [2.24, 2.45) is 0 Å². The molecule has 0 radical (unpaired) electrons. The Kier molecular flexibility index (Phi) is 4.29. The zero-order chi connectivity index (χ0) is 17.1. The number of carbonyl (C=O) groups is 1. The lowest BCUT2D eigenvalue weighted by Gasteiger charge is -2.25. The molecule has 0 saturated carbocycles. The minimum Gasteiger partial charge on any atom is -0.295 e. The van der Waals surface area contributed by atoms with E-state index in [0.29, 0.717) is 12.0 Å². The third-order valence-corrected chi connectivity index (χ3v) is 3.95. The second-order valence-corrected chi connectivity index (χ2v) is 5.44. The number of rotatable bonds is 4. The number of nitro groups is 1. The van der Waals surface area contributed by atoms with E-state index in [4.69, 9.17) is 0 Å². The number of hydrogen-bond acceptors (Lipinski definition) is 4. The molecule has 0 fully saturated rings. The predicted octanol–water partition coefficient (Wildman–Crippen LogP) is 3.43. The summed E-state index contributed by atoms with van der Waals surface area (Å²) in [6, 6.07) is 15.6. The van der Waals surface area contributed by atoms with Crippen LogP contribution < -0.4 is 5.43 Å². The quantitative estimate of drug-likeness (QED) is 0.691. The van der Waals surface area contributed by atoms with Gasteiger partial charge in [-0.1, -0.05) is 49.4 Å². The van der Waals surface area contributed by atoms with Gasteiger partial charge in [0.2, 0.25) is 5.91 Å². The number of nitrogens with one attached hydrogen (secondary N) is 1. The average Bonchev–Trinajstić information content (AvgIpc) is 3.07. The third kappa shape index (κ3) is 2.86. The normalized spacial score (nSPS) is 16.5. The summed E-state index contributed by atoms with van der Waals surface area (Å²) in [5.41, 5.74) is 5.28. The van der Waals surface area contributed by atoms with Gasteiger partial charge in [0.1, 0.15) is 6.04 Å². The SMILES string of the molecule is CCC(=O)N1NC(c2ccccc2)=CC1c1ccccc1[N+](=O)[O-]. The van der Waals surface area contributed by atoms with Crippen molar-refractivity contribution >= 4 is 17.3 Å². The Bertz CT molecular complexity index is 802. The van der Waals surface area contributed by atoms with Gasteiger partial charge in [0.05, 0.1) is 16.2 Å². The van der Waals surface area contributed by atoms with Crippen LogP contribution in [-0.2, 0) is 4.79 Å². The zero-order valence-electron chi connectivity index (χ0n) is 13.2. The molecule has 2 aromatic carbocycles. The molecule has 2 aromatic rings. The Hall–Kier alpha value is -3.15. The molecule has 1 amide bonds. The van der Waals surface area contributed by atoms with Crippen molar-refractivity contribution in [1.29, 1.82) is 0 Å². The maximum absolute atomic E-state index is 12.3. The van der Waals surface area contributed by atoms with E-state index in [9.17, 15) is 14.9 Å². The van der Waals surface area contributed by atoms with E-state index in [1.54, 1.807) is 25.1 Å². The van der Waals surface area contributed by atoms with Gasteiger partial charge in [-0.2, -0.15) is 0 Å². The van der Waals surface area contributed by atoms with Crippen LogP contribution in [0, 0.1) is 10.1 Å². The van der Waals surface area contributed by atoms with E-state index >= 15 is 0 Å². The van der Waals surface area contributed by atoms with Crippen molar-refractivity contribution in [2.75, 3.05) is 0 Å². The van der Waals surface area contributed by atoms with Crippen molar-refractivity contribution < 1.29 is 9.72 Å². The van der Waals surface area contributed by atoms with Gasteiger partial charge in [-0.25, -0.2) is 5.01 Å². The van der Waals surface area contributed by atoms with Crippen LogP contribution in [0.1, 0.15) is 30.5 Å². The molecule has 1 N–H and O–H groups in total. The van der Waals surface area contributed by atoms with Crippen LogP contribution in [0.5, 0.6) is 0 Å². The molecule has 1 aliphatic heterocycles. The highest BCUT2D eigenvalue weighted by molar-refractivity contribution is 5.81. The standard InChI is InChI=1S/C18H17N3O3/c1-2-18(22)20-17(14-10-6-7-11-16(14)21(23)24)12-15(19-20)13-8-4-3-5-9-13/h3-12,17,19H,2H2,1H3. The Morgan fingerprint density at radius 1 is 1.17 bits per heavy atom. The summed E-state index contributed by atoms with van der Waals surface area (Å²) >= 11 is 0. The highest BCUT2D eigenvalue weighted by Crippen LogP contribution is 2.35. The molecule has 1 unspecified atom stereocenters. The van der Waals surface area contributed by atoms with Crippen LogP contribution in [0.2, 0.25) is 0 Å². The summed E-state index contributed by atoms with van der Waals surface area (Å²) in [5, 5.41) is 12.8. The Labute approximate surface area is 139 Å². The number of hydrogen-bond donors (Lipinski definition) is 1. The van der Waals surface area contributed by atoms with E-state index in [-0.39, 0.29) is 11.6 Å². The molecule has 1 aliphatic rings. The first kappa shape index (κ1) is 15.7. The molecule has 0 aromatic heterocycles. The molecule has 1 heterocycles. The molecule has 0 bridgehead atoms. The maximum atomic E-state index is 12.3. The fraction of sp³-hybridized carbons (Fsp3) is 0.167. The summed E-state index contributed by atoms with van der Waals surface area (Å²) in [7, 11) is 0. The van der Waals surface area contributed by atoms with Gasteiger partial charge in [0, 0.05) is 12.5 Å². The minimum absolute atomic E-state index is 0.00349. The fourth-order valence-electron chi connectivity index (χ4n) is 2.77. The first-order valence-corrected chi connectivity index (χ1v) is 7.71. The number of nitrogens with zero attached hydrogens (tertiary/aromatic N) is 2. The largest absolute Gasteiger partial charge is 0.295 e. The molecule has 0 spiro atoms. The number of hydrazine groups is 1. The van der Waals surface area contributed by atoms with Gasteiger partial charge in [0.15, 0.2) is 0 Å². The topological polar surface area (TPSA) is 75.5 Å². The molecule has 0 aliphatic carbocycles. The smallest absolute Gasteiger partial charge is 0.275 e. The Balaban J connectivity index is 2.07. The predicted molar refractivity (Wildman–Crippen MR) is 90.5 cm³/mol. The Morgan fingerprint density at radius 2 is 1.83 bits per heavy atom. The molecule has 122 valence electrons. The number of carbonyl (C=O) groups excluding carboxylic acids is 1. The Morgan fingerprint density at radius 3 is 2.50 bits per heavy atom. The second kappa shape index (κ2) is 6.54. The van der Waals surface area contributed by atoms with Crippen LogP contribution >= 0.6 is 0 Å².